The van der Waals surface area contributed by atoms with Crippen molar-refractivity contribution < 1.29 is 9.90 Å². The second-order valence-electron chi connectivity index (χ2n) is 3.73. The number of aliphatic carboxylic acids is 1. The summed E-state index contributed by atoms with van der Waals surface area (Å²) >= 11 is 0. The summed E-state index contributed by atoms with van der Waals surface area (Å²) in [5.74, 6) is -0.690. The van der Waals surface area contributed by atoms with Crippen LogP contribution in [0.3, 0.4) is 0 Å². The molecule has 0 unspecified atom stereocenters. The molecule has 0 aliphatic rings. The molecule has 0 aromatic carbocycles. The van der Waals surface area contributed by atoms with Gasteiger partial charge in [0, 0.05) is 13.1 Å². The summed E-state index contributed by atoms with van der Waals surface area (Å²) in [5.41, 5.74) is 10.9. The second kappa shape index (κ2) is 7.89. The molecule has 6 N–H and O–H groups in total. The van der Waals surface area contributed by atoms with Gasteiger partial charge in [-0.2, -0.15) is 0 Å². The Morgan fingerprint density at radius 1 is 1.56 bits per heavy atom. The van der Waals surface area contributed by atoms with Gasteiger partial charge in [-0.3, -0.25) is 9.79 Å². The van der Waals surface area contributed by atoms with Crippen LogP contribution in [0, 0.1) is 0 Å². The largest absolute Gasteiger partial charge is 0.480 e. The van der Waals surface area contributed by atoms with Crippen molar-refractivity contribution in [3.8, 4) is 0 Å². The van der Waals surface area contributed by atoms with Gasteiger partial charge in [0.1, 0.15) is 6.04 Å². The maximum atomic E-state index is 10.4. The highest BCUT2D eigenvalue weighted by molar-refractivity contribution is 5.78. The first kappa shape index (κ1) is 14.7. The van der Waals surface area contributed by atoms with Crippen LogP contribution in [-0.4, -0.2) is 61.7 Å². The minimum atomic E-state index is -1.01. The molecular weight excluding hydrogens is 210 g/mol. The lowest BCUT2D eigenvalue weighted by molar-refractivity contribution is -0.138. The fraction of sp³-hybridized carbons (Fsp3) is 0.778. The SMILES string of the molecule is CN(C)CCN=C(N)NCC[C@H](N)C(=O)O. The van der Waals surface area contributed by atoms with Gasteiger partial charge in [-0.25, -0.2) is 0 Å². The number of carboxylic acid groups (broad SMARTS) is 1. The van der Waals surface area contributed by atoms with Gasteiger partial charge in [-0.05, 0) is 20.5 Å². The highest BCUT2D eigenvalue weighted by atomic mass is 16.4. The van der Waals surface area contributed by atoms with Gasteiger partial charge >= 0.3 is 5.97 Å². The lowest BCUT2D eigenvalue weighted by Crippen LogP contribution is -2.38. The molecule has 0 bridgehead atoms. The number of guanidine groups is 1. The Labute approximate surface area is 95.5 Å². The van der Waals surface area contributed by atoms with Crippen molar-refractivity contribution in [3.05, 3.63) is 0 Å². The Morgan fingerprint density at radius 2 is 2.19 bits per heavy atom. The third kappa shape index (κ3) is 8.01. The highest BCUT2D eigenvalue weighted by Crippen LogP contribution is 1.85. The minimum Gasteiger partial charge on any atom is -0.480 e. The average Bonchev–Trinajstić information content (AvgIpc) is 2.16. The summed E-state index contributed by atoms with van der Waals surface area (Å²) in [7, 11) is 3.90. The van der Waals surface area contributed by atoms with Crippen LogP contribution in [0.1, 0.15) is 6.42 Å². The van der Waals surface area contributed by atoms with E-state index in [1.54, 1.807) is 0 Å². The number of hydrogen-bond donors (Lipinski definition) is 4. The van der Waals surface area contributed by atoms with Gasteiger partial charge < -0.3 is 26.8 Å². The van der Waals surface area contributed by atoms with Gasteiger partial charge in [0.05, 0.1) is 6.54 Å². The minimum absolute atomic E-state index is 0.319. The van der Waals surface area contributed by atoms with Crippen LogP contribution in [0.15, 0.2) is 4.99 Å². The van der Waals surface area contributed by atoms with Gasteiger partial charge in [0.15, 0.2) is 5.96 Å². The number of likely N-dealkylation sites (N-methyl/N-ethyl adjacent to an activating group) is 1. The van der Waals surface area contributed by atoms with Crippen molar-refractivity contribution in [3.63, 3.8) is 0 Å². The van der Waals surface area contributed by atoms with Crippen molar-refractivity contribution in [1.82, 2.24) is 10.2 Å². The molecule has 1 atom stereocenters. The molecule has 0 spiro atoms. The molecule has 0 saturated carbocycles. The molecule has 0 amide bonds. The smallest absolute Gasteiger partial charge is 0.320 e. The summed E-state index contributed by atoms with van der Waals surface area (Å²) in [6.07, 6.45) is 0.319. The Kier molecular flexibility index (Phi) is 7.23. The summed E-state index contributed by atoms with van der Waals surface area (Å²) in [5, 5.41) is 11.3. The van der Waals surface area contributed by atoms with E-state index in [0.29, 0.717) is 25.5 Å². The molecule has 0 radical (unpaired) electrons. The Bertz CT molecular complexity index is 242. The van der Waals surface area contributed by atoms with Crippen molar-refractivity contribution >= 4 is 11.9 Å². The lowest BCUT2D eigenvalue weighted by atomic mass is 10.2. The number of hydrogen-bond acceptors (Lipinski definition) is 4. The highest BCUT2D eigenvalue weighted by Gasteiger charge is 2.09. The molecule has 16 heavy (non-hydrogen) atoms. The number of nitrogens with two attached hydrogens (primary N) is 2. The molecule has 94 valence electrons. The number of rotatable bonds is 7. The number of carbonyl (C=O) groups is 1. The van der Waals surface area contributed by atoms with Crippen LogP contribution in [-0.2, 0) is 4.79 Å². The van der Waals surface area contributed by atoms with Crippen LogP contribution < -0.4 is 16.8 Å². The van der Waals surface area contributed by atoms with Crippen LogP contribution >= 0.6 is 0 Å². The standard InChI is InChI=1S/C9H21N5O2/c1-14(2)6-5-13-9(11)12-4-3-7(10)8(15)16/h7H,3-6,10H2,1-2H3,(H,15,16)(H3,11,12,13)/t7-/m0/s1. The van der Waals surface area contributed by atoms with Gasteiger partial charge in [0.2, 0.25) is 0 Å². The first-order chi connectivity index (χ1) is 7.43. The summed E-state index contributed by atoms with van der Waals surface area (Å²) in [4.78, 5) is 16.5. The van der Waals surface area contributed by atoms with Crippen molar-refractivity contribution in [1.29, 1.82) is 0 Å². The van der Waals surface area contributed by atoms with Gasteiger partial charge in [0.25, 0.3) is 0 Å². The number of nitrogens with one attached hydrogen (secondary N) is 1. The fourth-order valence-electron chi connectivity index (χ4n) is 0.906. The molecule has 0 fully saturated rings. The van der Waals surface area contributed by atoms with E-state index in [-0.39, 0.29) is 0 Å². The van der Waals surface area contributed by atoms with E-state index in [4.69, 9.17) is 16.6 Å². The van der Waals surface area contributed by atoms with Crippen LogP contribution in [0.4, 0.5) is 0 Å². The zero-order valence-corrected chi connectivity index (χ0v) is 9.81. The normalized spacial score (nSPS) is 13.9. The van der Waals surface area contributed by atoms with Gasteiger partial charge in [-0.1, -0.05) is 0 Å². The molecule has 0 rings (SSSR count). The molecule has 0 saturated heterocycles. The van der Waals surface area contributed by atoms with E-state index < -0.39 is 12.0 Å². The van der Waals surface area contributed by atoms with E-state index in [9.17, 15) is 4.79 Å². The average molecular weight is 231 g/mol. The lowest BCUT2D eigenvalue weighted by Gasteiger charge is -2.09. The maximum Gasteiger partial charge on any atom is 0.320 e. The maximum absolute atomic E-state index is 10.4. The topological polar surface area (TPSA) is 117 Å². The molecule has 0 aromatic rings. The molecule has 7 heteroatoms. The molecular formula is C9H21N5O2. The van der Waals surface area contributed by atoms with Crippen LogP contribution in [0.25, 0.3) is 0 Å². The Hall–Kier alpha value is -1.34. The second-order valence-corrected chi connectivity index (χ2v) is 3.73. The predicted molar refractivity (Wildman–Crippen MR) is 63.3 cm³/mol. The molecule has 7 nitrogen and oxygen atoms in total. The van der Waals surface area contributed by atoms with E-state index in [2.05, 4.69) is 10.3 Å². The molecule has 0 aliphatic carbocycles. The number of aliphatic imine (C=N–C) groups is 1. The van der Waals surface area contributed by atoms with Crippen molar-refractivity contribution in [2.24, 2.45) is 16.5 Å². The van der Waals surface area contributed by atoms with Gasteiger partial charge in [-0.15, -0.1) is 0 Å². The fourth-order valence-corrected chi connectivity index (χ4v) is 0.906. The van der Waals surface area contributed by atoms with E-state index in [1.165, 1.54) is 0 Å². The van der Waals surface area contributed by atoms with E-state index in [1.807, 2.05) is 19.0 Å². The predicted octanol–water partition coefficient (Wildman–Crippen LogP) is -1.75. The third-order valence-electron chi connectivity index (χ3n) is 1.91. The summed E-state index contributed by atoms with van der Waals surface area (Å²) < 4.78 is 0. The monoisotopic (exact) mass is 231 g/mol. The van der Waals surface area contributed by atoms with Crippen molar-refractivity contribution in [2.75, 3.05) is 33.7 Å². The quantitative estimate of drug-likeness (QED) is 0.305. The Morgan fingerprint density at radius 3 is 2.69 bits per heavy atom. The van der Waals surface area contributed by atoms with Crippen LogP contribution in [0.5, 0.6) is 0 Å². The number of nitrogens with zero attached hydrogens (tertiary/aromatic N) is 2. The first-order valence-corrected chi connectivity index (χ1v) is 5.10. The number of carboxylic acids is 1. The van der Waals surface area contributed by atoms with Crippen LogP contribution in [0.2, 0.25) is 0 Å². The first-order valence-electron chi connectivity index (χ1n) is 5.10. The summed E-state index contributed by atoms with van der Waals surface area (Å²) in [6.45, 7) is 1.83. The van der Waals surface area contributed by atoms with E-state index in [0.717, 1.165) is 6.54 Å². The zero-order valence-electron chi connectivity index (χ0n) is 9.81. The van der Waals surface area contributed by atoms with Crippen molar-refractivity contribution in [2.45, 2.75) is 12.5 Å². The van der Waals surface area contributed by atoms with E-state index >= 15 is 0 Å². The molecule has 0 aromatic heterocycles. The zero-order chi connectivity index (χ0) is 12.6. The summed E-state index contributed by atoms with van der Waals surface area (Å²) in [6, 6.07) is -0.859. The molecule has 0 aliphatic heterocycles. The molecule has 0 heterocycles. The third-order valence-corrected chi connectivity index (χ3v) is 1.91. The Balaban J connectivity index is 3.64.